The number of hydrogen-bond donors (Lipinski definition) is 2. The van der Waals surface area contributed by atoms with Crippen LogP contribution < -0.4 is 10.6 Å². The number of nitrogens with one attached hydrogen (secondary N) is 2. The molecule has 17 heavy (non-hydrogen) atoms. The first-order chi connectivity index (χ1) is 8.34. The van der Waals surface area contributed by atoms with Crippen molar-refractivity contribution < 1.29 is 0 Å². The van der Waals surface area contributed by atoms with E-state index in [9.17, 15) is 0 Å². The van der Waals surface area contributed by atoms with Crippen molar-refractivity contribution in [3.05, 3.63) is 12.5 Å². The first-order valence-corrected chi connectivity index (χ1v) is 5.94. The summed E-state index contributed by atoms with van der Waals surface area (Å²) in [6, 6.07) is 0.578. The van der Waals surface area contributed by atoms with Crippen LogP contribution in [0.4, 0.5) is 5.82 Å². The van der Waals surface area contributed by atoms with Gasteiger partial charge in [-0.25, -0.2) is 9.97 Å². The summed E-state index contributed by atoms with van der Waals surface area (Å²) in [5.41, 5.74) is 0.881. The maximum absolute atomic E-state index is 4.33. The van der Waals surface area contributed by atoms with Gasteiger partial charge in [0, 0.05) is 26.2 Å². The quantitative estimate of drug-likeness (QED) is 0.759. The molecular weight excluding hydrogens is 216 g/mol. The number of anilines is 1. The Hall–Kier alpha value is -1.69. The molecule has 0 aromatic carbocycles. The van der Waals surface area contributed by atoms with E-state index in [2.05, 4.69) is 25.7 Å². The Morgan fingerprint density at radius 1 is 1.35 bits per heavy atom. The van der Waals surface area contributed by atoms with E-state index in [0.29, 0.717) is 6.04 Å². The van der Waals surface area contributed by atoms with Gasteiger partial charge in [0.05, 0.1) is 11.6 Å². The molecule has 6 heteroatoms. The van der Waals surface area contributed by atoms with E-state index in [1.807, 2.05) is 13.2 Å². The first-order valence-electron chi connectivity index (χ1n) is 5.94. The molecule has 2 fully saturated rings. The molecule has 3 heterocycles. The molecule has 2 unspecified atom stereocenters. The molecule has 1 saturated carbocycles. The second kappa shape index (κ2) is 3.16. The molecule has 0 radical (unpaired) electrons. The monoisotopic (exact) mass is 230 g/mol. The molecule has 2 aromatic rings. The van der Waals surface area contributed by atoms with Gasteiger partial charge in [-0.05, 0) is 11.8 Å². The molecule has 2 atom stereocenters. The van der Waals surface area contributed by atoms with E-state index in [1.54, 1.807) is 11.0 Å². The molecule has 0 bridgehead atoms. The van der Waals surface area contributed by atoms with Crippen LogP contribution in [0.1, 0.15) is 0 Å². The van der Waals surface area contributed by atoms with Crippen molar-refractivity contribution in [2.45, 2.75) is 6.04 Å². The van der Waals surface area contributed by atoms with Gasteiger partial charge in [0.25, 0.3) is 0 Å². The van der Waals surface area contributed by atoms with Crippen molar-refractivity contribution in [1.82, 2.24) is 25.1 Å². The maximum Gasteiger partial charge on any atom is 0.163 e. The predicted molar refractivity (Wildman–Crippen MR) is 63.6 cm³/mol. The lowest BCUT2D eigenvalue weighted by Gasteiger charge is -2.08. The minimum Gasteiger partial charge on any atom is -0.366 e. The minimum atomic E-state index is 0.578. The molecule has 1 aliphatic heterocycles. The van der Waals surface area contributed by atoms with Crippen LogP contribution in [-0.2, 0) is 7.05 Å². The Morgan fingerprint density at radius 2 is 2.18 bits per heavy atom. The third-order valence-electron chi connectivity index (χ3n) is 3.92. The maximum atomic E-state index is 4.33. The lowest BCUT2D eigenvalue weighted by atomic mass is 10.3. The summed E-state index contributed by atoms with van der Waals surface area (Å²) in [4.78, 5) is 8.57. The zero-order valence-corrected chi connectivity index (χ0v) is 9.59. The third-order valence-corrected chi connectivity index (χ3v) is 3.92. The normalized spacial score (nSPS) is 30.5. The van der Waals surface area contributed by atoms with Gasteiger partial charge in [-0.2, -0.15) is 5.10 Å². The van der Waals surface area contributed by atoms with Crippen LogP contribution >= 0.6 is 0 Å². The highest BCUT2D eigenvalue weighted by atomic mass is 15.3. The zero-order valence-electron chi connectivity index (χ0n) is 9.59. The van der Waals surface area contributed by atoms with Gasteiger partial charge in [0.2, 0.25) is 0 Å². The van der Waals surface area contributed by atoms with Crippen LogP contribution in [0.3, 0.4) is 0 Å². The number of aromatic nitrogens is 4. The van der Waals surface area contributed by atoms with Gasteiger partial charge in [-0.15, -0.1) is 0 Å². The Bertz CT molecular complexity index is 566. The molecule has 6 nitrogen and oxygen atoms in total. The topological polar surface area (TPSA) is 67.7 Å². The molecule has 0 amide bonds. The van der Waals surface area contributed by atoms with Crippen molar-refractivity contribution in [2.75, 3.05) is 18.4 Å². The van der Waals surface area contributed by atoms with Crippen molar-refractivity contribution in [3.8, 4) is 0 Å². The van der Waals surface area contributed by atoms with Gasteiger partial charge in [-0.3, -0.25) is 4.68 Å². The smallest absolute Gasteiger partial charge is 0.163 e. The number of nitrogens with zero attached hydrogens (tertiary/aromatic N) is 4. The number of fused-ring (bicyclic) bond motifs is 2. The highest BCUT2D eigenvalue weighted by Crippen LogP contribution is 2.43. The fourth-order valence-electron chi connectivity index (χ4n) is 2.87. The zero-order chi connectivity index (χ0) is 11.4. The minimum absolute atomic E-state index is 0.578. The van der Waals surface area contributed by atoms with Gasteiger partial charge in [0.1, 0.15) is 12.1 Å². The van der Waals surface area contributed by atoms with Gasteiger partial charge in [-0.1, -0.05) is 0 Å². The summed E-state index contributed by atoms with van der Waals surface area (Å²) in [6.07, 6.45) is 3.43. The van der Waals surface area contributed by atoms with E-state index in [-0.39, 0.29) is 0 Å². The fraction of sp³-hybridized carbons (Fsp3) is 0.545. The van der Waals surface area contributed by atoms with Gasteiger partial charge in [0.15, 0.2) is 5.65 Å². The van der Waals surface area contributed by atoms with Crippen molar-refractivity contribution >= 4 is 16.9 Å². The fourth-order valence-corrected chi connectivity index (χ4v) is 2.87. The summed E-state index contributed by atoms with van der Waals surface area (Å²) in [6.45, 7) is 2.26. The third kappa shape index (κ3) is 1.27. The number of hydrogen-bond acceptors (Lipinski definition) is 5. The largest absolute Gasteiger partial charge is 0.366 e. The summed E-state index contributed by atoms with van der Waals surface area (Å²) in [5, 5.41) is 12.1. The molecule has 1 aliphatic carbocycles. The predicted octanol–water partition coefficient (Wildman–Crippen LogP) is -0.00700. The SMILES string of the molecule is Cn1ncc2c(NC3C4CNCC43)ncnc21. The van der Waals surface area contributed by atoms with Crippen LogP contribution in [0.5, 0.6) is 0 Å². The Balaban J connectivity index is 1.67. The average molecular weight is 230 g/mol. The molecule has 2 aliphatic rings. The molecule has 1 saturated heterocycles. The molecular formula is C11H14N6. The molecule has 88 valence electrons. The number of aryl methyl sites for hydroxylation is 1. The van der Waals surface area contributed by atoms with Crippen LogP contribution in [-0.4, -0.2) is 38.9 Å². The number of rotatable bonds is 2. The van der Waals surface area contributed by atoms with E-state index in [4.69, 9.17) is 0 Å². The average Bonchev–Trinajstić information content (AvgIpc) is 2.72. The highest BCUT2D eigenvalue weighted by Gasteiger charge is 2.53. The Morgan fingerprint density at radius 3 is 3.00 bits per heavy atom. The molecule has 2 aromatic heterocycles. The van der Waals surface area contributed by atoms with E-state index >= 15 is 0 Å². The van der Waals surface area contributed by atoms with Crippen molar-refractivity contribution in [3.63, 3.8) is 0 Å². The Kier molecular flexibility index (Phi) is 1.74. The van der Waals surface area contributed by atoms with Gasteiger partial charge < -0.3 is 10.6 Å². The summed E-state index contributed by atoms with van der Waals surface area (Å²) >= 11 is 0. The number of piperidine rings is 1. The Labute approximate surface area is 98.4 Å². The highest BCUT2D eigenvalue weighted by molar-refractivity contribution is 5.86. The van der Waals surface area contributed by atoms with Crippen molar-refractivity contribution in [2.24, 2.45) is 18.9 Å². The standard InChI is InChI=1S/C11H14N6/c1-17-11-8(4-15-17)10(13-5-14-11)16-9-6-2-12-3-7(6)9/h4-7,9,12H,2-3H2,1H3,(H,13,14,16). The second-order valence-electron chi connectivity index (χ2n) is 4.88. The van der Waals surface area contributed by atoms with Crippen LogP contribution in [0, 0.1) is 11.8 Å². The van der Waals surface area contributed by atoms with Gasteiger partial charge >= 0.3 is 0 Å². The van der Waals surface area contributed by atoms with Crippen LogP contribution in [0.2, 0.25) is 0 Å². The van der Waals surface area contributed by atoms with Crippen LogP contribution in [0.25, 0.3) is 11.0 Å². The first kappa shape index (κ1) is 9.35. The summed E-state index contributed by atoms with van der Waals surface area (Å²) < 4.78 is 1.78. The second-order valence-corrected chi connectivity index (χ2v) is 4.88. The van der Waals surface area contributed by atoms with E-state index in [0.717, 1.165) is 41.8 Å². The van der Waals surface area contributed by atoms with E-state index < -0.39 is 0 Å². The molecule has 2 N–H and O–H groups in total. The lowest BCUT2D eigenvalue weighted by molar-refractivity contribution is 0.696. The van der Waals surface area contributed by atoms with E-state index in [1.165, 1.54) is 0 Å². The summed E-state index contributed by atoms with van der Waals surface area (Å²) in [5.74, 6) is 2.47. The lowest BCUT2D eigenvalue weighted by Crippen LogP contribution is -2.21. The van der Waals surface area contributed by atoms with Crippen molar-refractivity contribution in [1.29, 1.82) is 0 Å². The molecule has 0 spiro atoms. The van der Waals surface area contributed by atoms with Crippen LogP contribution in [0.15, 0.2) is 12.5 Å². The molecule has 4 rings (SSSR count). The summed E-state index contributed by atoms with van der Waals surface area (Å²) in [7, 11) is 1.90.